The molecule has 0 bridgehead atoms. The van der Waals surface area contributed by atoms with Crippen LogP contribution in [-0.4, -0.2) is 28.3 Å². The van der Waals surface area contributed by atoms with Crippen LogP contribution in [-0.2, 0) is 4.57 Å². The third kappa shape index (κ3) is 3.80. The molecule has 0 spiro atoms. The van der Waals surface area contributed by atoms with Crippen LogP contribution >= 0.6 is 8.03 Å². The molecule has 3 atom stereocenters. The molecule has 0 aromatic rings. The van der Waals surface area contributed by atoms with Crippen molar-refractivity contribution in [3.8, 4) is 0 Å². The molecule has 1 rings (SSSR count). The number of rotatable bonds is 5. The van der Waals surface area contributed by atoms with Gasteiger partial charge < -0.3 is 10.8 Å². The first-order chi connectivity index (χ1) is 7.16. The lowest BCUT2D eigenvalue weighted by Crippen LogP contribution is -2.33. The molecule has 1 saturated carbocycles. The van der Waals surface area contributed by atoms with Crippen LogP contribution < -0.4 is 5.73 Å². The number of aliphatic hydroxyl groups is 1. The number of aliphatic hydroxyl groups excluding tert-OH is 1. The van der Waals surface area contributed by atoms with Crippen LogP contribution in [0.1, 0.15) is 38.5 Å². The topological polar surface area (TPSA) is 83.5 Å². The first-order valence-corrected chi connectivity index (χ1v) is 6.98. The van der Waals surface area contributed by atoms with E-state index in [1.54, 1.807) is 0 Å². The summed E-state index contributed by atoms with van der Waals surface area (Å²) in [4.78, 5) is 9.27. The van der Waals surface area contributed by atoms with Gasteiger partial charge in [0.05, 0.1) is 0 Å². The second-order valence-corrected chi connectivity index (χ2v) is 5.54. The van der Waals surface area contributed by atoms with E-state index in [0.29, 0.717) is 13.0 Å². The minimum Gasteiger partial charge on any atom is -0.388 e. The molecule has 4 nitrogen and oxygen atoms in total. The quantitative estimate of drug-likeness (QED) is 0.627. The average molecular weight is 234 g/mol. The van der Waals surface area contributed by atoms with E-state index in [1.807, 2.05) is 0 Å². The van der Waals surface area contributed by atoms with Crippen LogP contribution in [0, 0.1) is 5.92 Å². The van der Waals surface area contributed by atoms with Gasteiger partial charge in [0.15, 0.2) is 0 Å². The zero-order valence-corrected chi connectivity index (χ0v) is 9.90. The Kier molecular flexibility index (Phi) is 5.69. The molecule has 4 N–H and O–H groups in total. The third-order valence-electron chi connectivity index (χ3n) is 3.24. The van der Waals surface area contributed by atoms with Crippen molar-refractivity contribution in [1.29, 1.82) is 0 Å². The summed E-state index contributed by atoms with van der Waals surface area (Å²) in [5, 5.41) is 9.81. The largest absolute Gasteiger partial charge is 0.511 e. The molecule has 0 heterocycles. The van der Waals surface area contributed by atoms with Crippen molar-refractivity contribution in [1.82, 2.24) is 0 Å². The zero-order chi connectivity index (χ0) is 11.3. The van der Waals surface area contributed by atoms with E-state index in [4.69, 9.17) is 5.73 Å². The highest BCUT2D eigenvalue weighted by molar-refractivity contribution is 7.39. The van der Waals surface area contributed by atoms with Gasteiger partial charge in [-0.2, -0.15) is 4.89 Å². The second kappa shape index (κ2) is 6.54. The number of hydrogen-bond acceptors (Lipinski definition) is 3. The van der Waals surface area contributed by atoms with Crippen molar-refractivity contribution >= 4 is 8.03 Å². The minimum atomic E-state index is -2.29. The van der Waals surface area contributed by atoms with Crippen LogP contribution in [0.25, 0.3) is 0 Å². The maximum atomic E-state index is 11.3. The molecule has 1 unspecified atom stereocenters. The maximum Gasteiger partial charge on any atom is 0.511 e. The van der Waals surface area contributed by atoms with Crippen LogP contribution in [0.2, 0.25) is 0 Å². The predicted molar refractivity (Wildman–Crippen MR) is 59.9 cm³/mol. The molecule has 1 aliphatic rings. The summed E-state index contributed by atoms with van der Waals surface area (Å²) in [6, 6.07) is 0. The monoisotopic (exact) mass is 234 g/mol. The fraction of sp³-hybridized carbons (Fsp3) is 1.00. The lowest BCUT2D eigenvalue weighted by Gasteiger charge is -2.25. The van der Waals surface area contributed by atoms with E-state index >= 15 is 0 Å². The normalized spacial score (nSPS) is 23.5. The van der Waals surface area contributed by atoms with E-state index in [1.165, 1.54) is 6.42 Å². The summed E-state index contributed by atoms with van der Waals surface area (Å²) in [6.45, 7) is 0.369. The summed E-state index contributed by atoms with van der Waals surface area (Å²) >= 11 is 0. The van der Waals surface area contributed by atoms with Crippen molar-refractivity contribution in [3.63, 3.8) is 0 Å². The lowest BCUT2D eigenvalue weighted by molar-refractivity contribution is 0.124. The summed E-state index contributed by atoms with van der Waals surface area (Å²) in [5.41, 5.74) is 4.89. The summed E-state index contributed by atoms with van der Waals surface area (Å²) in [6.07, 6.45) is 5.06. The zero-order valence-electron chi connectivity index (χ0n) is 9.01. The molecule has 0 saturated heterocycles. The van der Waals surface area contributed by atoms with Gasteiger partial charge in [0, 0.05) is 5.92 Å². The minimum absolute atomic E-state index is 0.203. The Bertz CT molecular complexity index is 207. The smallest absolute Gasteiger partial charge is 0.388 e. The molecular formula is C10H21NO3P+. The van der Waals surface area contributed by atoms with Crippen molar-refractivity contribution in [3.05, 3.63) is 0 Å². The van der Waals surface area contributed by atoms with Gasteiger partial charge in [0.2, 0.25) is 5.66 Å². The highest BCUT2D eigenvalue weighted by Crippen LogP contribution is 2.40. The summed E-state index contributed by atoms with van der Waals surface area (Å²) in [7, 11) is -2.29. The fourth-order valence-corrected chi connectivity index (χ4v) is 3.56. The Balaban J connectivity index is 2.58. The van der Waals surface area contributed by atoms with Crippen LogP contribution in [0.4, 0.5) is 0 Å². The molecule has 15 heavy (non-hydrogen) atoms. The third-order valence-corrected chi connectivity index (χ3v) is 4.52. The van der Waals surface area contributed by atoms with Crippen molar-refractivity contribution in [2.24, 2.45) is 11.7 Å². The first kappa shape index (κ1) is 13.0. The van der Waals surface area contributed by atoms with Gasteiger partial charge in [-0.1, -0.05) is 19.3 Å². The molecule has 0 radical (unpaired) electrons. The first-order valence-electron chi connectivity index (χ1n) is 5.70. The molecule has 0 aliphatic heterocycles. The van der Waals surface area contributed by atoms with Gasteiger partial charge in [0.25, 0.3) is 0 Å². The van der Waals surface area contributed by atoms with Crippen molar-refractivity contribution in [2.45, 2.75) is 50.3 Å². The van der Waals surface area contributed by atoms with E-state index in [9.17, 15) is 14.6 Å². The van der Waals surface area contributed by atoms with Gasteiger partial charge in [-0.15, -0.1) is 0 Å². The molecule has 1 fully saturated rings. The lowest BCUT2D eigenvalue weighted by atomic mass is 9.84. The molecule has 0 aromatic heterocycles. The van der Waals surface area contributed by atoms with Crippen LogP contribution in [0.3, 0.4) is 0 Å². The van der Waals surface area contributed by atoms with Crippen LogP contribution in [0.5, 0.6) is 0 Å². The molecule has 0 aromatic carbocycles. The molecule has 88 valence electrons. The summed E-state index contributed by atoms with van der Waals surface area (Å²) in [5.74, 6) is 0.203. The molecule has 5 heteroatoms. The van der Waals surface area contributed by atoms with Gasteiger partial charge in [-0.25, -0.2) is 0 Å². The van der Waals surface area contributed by atoms with Gasteiger partial charge >= 0.3 is 8.03 Å². The van der Waals surface area contributed by atoms with Crippen molar-refractivity contribution in [2.75, 3.05) is 6.54 Å². The highest BCUT2D eigenvalue weighted by atomic mass is 31.1. The number of hydrogen-bond donors (Lipinski definition) is 3. The Labute approximate surface area is 91.7 Å². The number of nitrogens with two attached hydrogens (primary N) is 1. The molecular weight excluding hydrogens is 213 g/mol. The predicted octanol–water partition coefficient (Wildman–Crippen LogP) is 1.38. The van der Waals surface area contributed by atoms with E-state index in [0.717, 1.165) is 25.7 Å². The Morgan fingerprint density at radius 1 is 1.33 bits per heavy atom. The van der Waals surface area contributed by atoms with Gasteiger partial charge in [0.1, 0.15) is 6.10 Å². The fourth-order valence-electron chi connectivity index (χ4n) is 2.46. The average Bonchev–Trinajstić information content (AvgIpc) is 2.19. The second-order valence-electron chi connectivity index (χ2n) is 4.34. The van der Waals surface area contributed by atoms with Gasteiger partial charge in [-0.3, -0.25) is 0 Å². The Morgan fingerprint density at radius 2 is 1.93 bits per heavy atom. The van der Waals surface area contributed by atoms with E-state index in [2.05, 4.69) is 0 Å². The van der Waals surface area contributed by atoms with Gasteiger partial charge in [-0.05, 0) is 30.4 Å². The summed E-state index contributed by atoms with van der Waals surface area (Å²) < 4.78 is 11.3. The van der Waals surface area contributed by atoms with E-state index < -0.39 is 19.8 Å². The maximum absolute atomic E-state index is 11.3. The Hall–Kier alpha value is -0.0200. The molecule has 0 amide bonds. The van der Waals surface area contributed by atoms with Crippen LogP contribution in [0.15, 0.2) is 0 Å². The van der Waals surface area contributed by atoms with Crippen molar-refractivity contribution < 1.29 is 14.6 Å². The standard InChI is InChI=1S/C10H20NO3P/c11-7-6-9(12)10(15(13)14)8-4-2-1-3-5-8/h8-10,12H,1-7,11H2/p+1/t9-,10-/m0/s1. The molecule has 1 aliphatic carbocycles. The Morgan fingerprint density at radius 3 is 2.40 bits per heavy atom. The van der Waals surface area contributed by atoms with E-state index in [-0.39, 0.29) is 5.92 Å². The highest BCUT2D eigenvalue weighted by Gasteiger charge is 2.43. The SMILES string of the molecule is NCC[C@H](O)[C@H](C1CCCCC1)[P+](=O)O.